The first-order valence-electron chi connectivity index (χ1n) is 10.5. The number of phenols is 1. The van der Waals surface area contributed by atoms with Gasteiger partial charge in [0, 0.05) is 10.4 Å². The van der Waals surface area contributed by atoms with Gasteiger partial charge in [0.15, 0.2) is 21.2 Å². The number of halogens is 5. The summed E-state index contributed by atoms with van der Waals surface area (Å²) in [4.78, 5) is 49.6. The minimum Gasteiger partial charge on any atom is -0.503 e. The van der Waals surface area contributed by atoms with Crippen molar-refractivity contribution in [1.29, 1.82) is 0 Å². The summed E-state index contributed by atoms with van der Waals surface area (Å²) in [6.07, 6.45) is 2.00. The molecule has 4 aliphatic rings. The van der Waals surface area contributed by atoms with Crippen molar-refractivity contribution in [2.75, 3.05) is 12.6 Å². The number of alkyl halides is 3. The van der Waals surface area contributed by atoms with E-state index in [1.54, 1.807) is 0 Å². The van der Waals surface area contributed by atoms with E-state index in [0.29, 0.717) is 15.6 Å². The summed E-state index contributed by atoms with van der Waals surface area (Å²) >= 11 is 24.3. The number of fused-ring (bicyclic) bond motifs is 4. The summed E-state index contributed by atoms with van der Waals surface area (Å²) in [7, 11) is 1.38. The number of rotatable bonds is 3. The van der Waals surface area contributed by atoms with Crippen molar-refractivity contribution in [3.63, 3.8) is 0 Å². The molecule has 0 spiro atoms. The zero-order valence-corrected chi connectivity index (χ0v) is 24.2. The Kier molecular flexibility index (Phi) is 6.15. The number of carbonyl (C=O) groups excluding carboxylic acids is 4. The Labute approximate surface area is 235 Å². The predicted octanol–water partition coefficient (Wildman–Crippen LogP) is 3.92. The third kappa shape index (κ3) is 3.14. The van der Waals surface area contributed by atoms with Gasteiger partial charge in [-0.2, -0.15) is 0 Å². The van der Waals surface area contributed by atoms with E-state index >= 15 is 0 Å². The molecule has 0 bridgehead atoms. The van der Waals surface area contributed by atoms with Gasteiger partial charge in [0.1, 0.15) is 0 Å². The molecule has 0 unspecified atom stereocenters. The SMILES string of the molecule is COc1cc([C@H]2C3=CC[C@@H]4C(=O)NC(=O)[C@@H]4[C@@H]3C[C@@]3(Cl)C(=O)N(CBr)C(=O)[C@@]23Cl)c(Br)c(Br)c1O. The van der Waals surface area contributed by atoms with Crippen LogP contribution >= 0.6 is 71.0 Å². The zero-order valence-electron chi connectivity index (χ0n) is 17.9. The van der Waals surface area contributed by atoms with E-state index < -0.39 is 51.1 Å². The molecule has 8 nitrogen and oxygen atoms in total. The fraction of sp³-hybridized carbons (Fsp3) is 0.455. The van der Waals surface area contributed by atoms with Crippen LogP contribution in [0.1, 0.15) is 24.3 Å². The summed E-state index contributed by atoms with van der Waals surface area (Å²) in [5.74, 6) is -5.16. The number of methoxy groups -OCH3 is 1. The van der Waals surface area contributed by atoms with Crippen LogP contribution in [0.5, 0.6) is 11.5 Å². The molecular weight excluding hydrogens is 699 g/mol. The van der Waals surface area contributed by atoms with E-state index in [0.717, 1.165) is 4.90 Å². The molecule has 3 fully saturated rings. The normalized spacial score (nSPS) is 35.9. The molecule has 4 amide bonds. The lowest BCUT2D eigenvalue weighted by molar-refractivity contribution is -0.138. The maximum Gasteiger partial charge on any atom is 0.254 e. The summed E-state index contributed by atoms with van der Waals surface area (Å²) in [5, 5.41) is 12.9. The first-order valence-corrected chi connectivity index (χ1v) is 14.0. The van der Waals surface area contributed by atoms with Gasteiger partial charge in [0.05, 0.1) is 28.9 Å². The second-order valence-electron chi connectivity index (χ2n) is 8.98. The first kappa shape index (κ1) is 25.5. The van der Waals surface area contributed by atoms with Gasteiger partial charge in [-0.05, 0) is 62.2 Å². The highest BCUT2D eigenvalue weighted by Gasteiger charge is 2.76. The Balaban J connectivity index is 1.82. The molecule has 2 aliphatic carbocycles. The molecule has 2 heterocycles. The minimum atomic E-state index is -1.95. The number of hydrogen-bond acceptors (Lipinski definition) is 6. The van der Waals surface area contributed by atoms with Gasteiger partial charge in [-0.15, -0.1) is 23.2 Å². The molecule has 1 aromatic rings. The van der Waals surface area contributed by atoms with Crippen molar-refractivity contribution in [3.05, 3.63) is 32.2 Å². The van der Waals surface area contributed by atoms with Crippen molar-refractivity contribution in [1.82, 2.24) is 10.2 Å². The monoisotopic (exact) mass is 712 g/mol. The number of hydrogen-bond donors (Lipinski definition) is 2. The average molecular weight is 716 g/mol. The highest BCUT2D eigenvalue weighted by molar-refractivity contribution is 9.13. The number of ether oxygens (including phenoxy) is 1. The molecule has 1 aromatic carbocycles. The fourth-order valence-corrected chi connectivity index (χ4v) is 8.36. The van der Waals surface area contributed by atoms with E-state index in [2.05, 4.69) is 53.1 Å². The highest BCUT2D eigenvalue weighted by Crippen LogP contribution is 2.66. The Morgan fingerprint density at radius 3 is 2.46 bits per heavy atom. The number of nitrogens with one attached hydrogen (secondary N) is 1. The van der Waals surface area contributed by atoms with Gasteiger partial charge in [0.2, 0.25) is 11.8 Å². The van der Waals surface area contributed by atoms with Crippen molar-refractivity contribution in [2.24, 2.45) is 17.8 Å². The quantitative estimate of drug-likeness (QED) is 0.213. The number of likely N-dealkylation sites (tertiary alicyclic amines) is 1. The van der Waals surface area contributed by atoms with Crippen LogP contribution in [0.4, 0.5) is 0 Å². The predicted molar refractivity (Wildman–Crippen MR) is 137 cm³/mol. The maximum atomic E-state index is 13.7. The van der Waals surface area contributed by atoms with Crippen LogP contribution in [-0.2, 0) is 19.2 Å². The summed E-state index contributed by atoms with van der Waals surface area (Å²) < 4.78 is 5.97. The van der Waals surface area contributed by atoms with Gasteiger partial charge in [-0.1, -0.05) is 27.6 Å². The lowest BCUT2D eigenvalue weighted by Gasteiger charge is -2.51. The van der Waals surface area contributed by atoms with E-state index in [1.165, 1.54) is 13.2 Å². The fourth-order valence-electron chi connectivity index (χ4n) is 5.99. The van der Waals surface area contributed by atoms with Gasteiger partial charge < -0.3 is 9.84 Å². The highest BCUT2D eigenvalue weighted by atomic mass is 79.9. The van der Waals surface area contributed by atoms with Crippen LogP contribution in [0.3, 0.4) is 0 Å². The molecule has 0 aromatic heterocycles. The number of benzene rings is 1. The van der Waals surface area contributed by atoms with Gasteiger partial charge in [-0.25, -0.2) is 0 Å². The average Bonchev–Trinajstić information content (AvgIpc) is 3.19. The number of nitrogens with zero attached hydrogens (tertiary/aromatic N) is 1. The van der Waals surface area contributed by atoms with Crippen LogP contribution < -0.4 is 10.1 Å². The van der Waals surface area contributed by atoms with Crippen LogP contribution in [-0.4, -0.2) is 55.9 Å². The van der Waals surface area contributed by atoms with E-state index in [1.807, 2.05) is 6.08 Å². The molecule has 2 saturated heterocycles. The molecule has 0 radical (unpaired) electrons. The number of amides is 4. The molecule has 1 saturated carbocycles. The number of aromatic hydroxyl groups is 1. The third-order valence-electron chi connectivity index (χ3n) is 7.56. The molecule has 186 valence electrons. The molecule has 13 heteroatoms. The summed E-state index contributed by atoms with van der Waals surface area (Å²) in [6.45, 7) is 0. The molecular formula is C22H17Br3Cl2N2O6. The van der Waals surface area contributed by atoms with Gasteiger partial charge in [-0.3, -0.25) is 29.4 Å². The van der Waals surface area contributed by atoms with Crippen molar-refractivity contribution in [3.8, 4) is 11.5 Å². The smallest absolute Gasteiger partial charge is 0.254 e. The van der Waals surface area contributed by atoms with Gasteiger partial charge >= 0.3 is 0 Å². The number of carbonyl (C=O) groups is 4. The topological polar surface area (TPSA) is 113 Å². The van der Waals surface area contributed by atoms with Crippen LogP contribution in [0.2, 0.25) is 0 Å². The summed E-state index contributed by atoms with van der Waals surface area (Å²) in [6, 6.07) is 1.53. The van der Waals surface area contributed by atoms with Crippen molar-refractivity contribution >= 4 is 94.6 Å². The minimum absolute atomic E-state index is 0.0929. The molecule has 6 atom stereocenters. The summed E-state index contributed by atoms with van der Waals surface area (Å²) in [5.41, 5.74) is 0.960. The van der Waals surface area contributed by atoms with Crippen LogP contribution in [0.25, 0.3) is 0 Å². The Morgan fingerprint density at radius 2 is 1.83 bits per heavy atom. The zero-order chi connectivity index (χ0) is 25.6. The second-order valence-corrected chi connectivity index (χ2v) is 12.3. The standard InChI is InChI=1S/C22H17Br3Cl2N2O6/c1-35-11-4-9(14(24)15(25)16(11)30)13-7-2-3-8-12(18(32)28-17(8)31)10(7)5-21(26)19(33)29(6-23)20(34)22(13,21)27/h2,4,8,10,12-13,30H,3,5-6H2,1H3,(H,28,31,32)/t8-,10+,12-,13+,21+,22-/m0/s1. The second kappa shape index (κ2) is 8.44. The molecule has 2 N–H and O–H groups in total. The molecule has 35 heavy (non-hydrogen) atoms. The maximum absolute atomic E-state index is 13.7. The first-order chi connectivity index (χ1) is 16.4. The third-order valence-corrected chi connectivity index (χ3v) is 11.6. The largest absolute Gasteiger partial charge is 0.503 e. The van der Waals surface area contributed by atoms with E-state index in [-0.39, 0.29) is 40.2 Å². The number of allylic oxidation sites excluding steroid dienone is 2. The Morgan fingerprint density at radius 1 is 1.14 bits per heavy atom. The lowest BCUT2D eigenvalue weighted by atomic mass is 9.56. The van der Waals surface area contributed by atoms with Crippen LogP contribution in [0.15, 0.2) is 26.7 Å². The van der Waals surface area contributed by atoms with Gasteiger partial charge in [0.25, 0.3) is 11.8 Å². The Bertz CT molecular complexity index is 1260. The van der Waals surface area contributed by atoms with Crippen molar-refractivity contribution in [2.45, 2.75) is 28.5 Å². The van der Waals surface area contributed by atoms with E-state index in [4.69, 9.17) is 27.9 Å². The number of phenolic OH excluding ortho intramolecular Hbond substituents is 1. The number of imide groups is 2. The van der Waals surface area contributed by atoms with Crippen molar-refractivity contribution < 1.29 is 29.0 Å². The molecule has 2 aliphatic heterocycles. The van der Waals surface area contributed by atoms with Crippen LogP contribution in [0, 0.1) is 17.8 Å². The Hall–Kier alpha value is -1.14. The van der Waals surface area contributed by atoms with E-state index in [9.17, 15) is 24.3 Å². The lowest BCUT2D eigenvalue weighted by Crippen LogP contribution is -2.60. The molecule has 5 rings (SSSR count).